The molecule has 3 atom stereocenters. The van der Waals surface area contributed by atoms with E-state index in [1.54, 1.807) is 11.1 Å². The molecule has 3 unspecified atom stereocenters. The first-order valence-corrected chi connectivity index (χ1v) is 9.54. The van der Waals surface area contributed by atoms with Crippen LogP contribution in [0.25, 0.3) is 27.6 Å². The maximum Gasteiger partial charge on any atom is 0.0780 e. The van der Waals surface area contributed by atoms with Gasteiger partial charge in [-0.25, -0.2) is 0 Å². The Morgan fingerprint density at radius 1 is 0.920 bits per heavy atom. The summed E-state index contributed by atoms with van der Waals surface area (Å²) in [5, 5.41) is 2.64. The summed E-state index contributed by atoms with van der Waals surface area (Å²) in [6.07, 6.45) is 10.0. The number of benzene rings is 2. The Labute approximate surface area is 148 Å². The maximum atomic E-state index is 4.74. The van der Waals surface area contributed by atoms with Crippen LogP contribution in [-0.2, 0) is 0 Å². The maximum absolute atomic E-state index is 4.74. The molecule has 1 saturated carbocycles. The summed E-state index contributed by atoms with van der Waals surface area (Å²) in [6.45, 7) is 0. The van der Waals surface area contributed by atoms with Crippen LogP contribution < -0.4 is 0 Å². The molecule has 0 saturated heterocycles. The summed E-state index contributed by atoms with van der Waals surface area (Å²) in [4.78, 5) is 4.74. The van der Waals surface area contributed by atoms with Crippen LogP contribution in [0, 0.1) is 11.8 Å². The Bertz CT molecular complexity index is 1010. The van der Waals surface area contributed by atoms with Gasteiger partial charge in [0.15, 0.2) is 0 Å². The van der Waals surface area contributed by atoms with E-state index >= 15 is 0 Å². The van der Waals surface area contributed by atoms with Crippen molar-refractivity contribution in [2.24, 2.45) is 11.8 Å². The first kappa shape index (κ1) is 13.8. The van der Waals surface area contributed by atoms with Gasteiger partial charge < -0.3 is 0 Å². The largest absolute Gasteiger partial charge is 0.256 e. The van der Waals surface area contributed by atoms with Gasteiger partial charge in [-0.3, -0.25) is 4.98 Å². The number of hydrogen-bond acceptors (Lipinski definition) is 1. The Morgan fingerprint density at radius 2 is 1.84 bits per heavy atom. The van der Waals surface area contributed by atoms with Gasteiger partial charge in [-0.15, -0.1) is 0 Å². The fraction of sp³-hybridized carbons (Fsp3) is 0.292. The fourth-order valence-corrected chi connectivity index (χ4v) is 5.59. The number of aromatic nitrogens is 1. The molecule has 122 valence electrons. The molecular formula is C24H21N. The summed E-state index contributed by atoms with van der Waals surface area (Å²) in [5.74, 6) is 2.48. The number of allylic oxidation sites excluding steroid dienone is 2. The lowest BCUT2D eigenvalue weighted by molar-refractivity contribution is 0.271. The summed E-state index contributed by atoms with van der Waals surface area (Å²) in [7, 11) is 0. The zero-order chi connectivity index (χ0) is 16.4. The minimum absolute atomic E-state index is 0.757. The number of hydrogen-bond donors (Lipinski definition) is 0. The zero-order valence-corrected chi connectivity index (χ0v) is 14.3. The quantitative estimate of drug-likeness (QED) is 0.519. The van der Waals surface area contributed by atoms with Gasteiger partial charge in [0.05, 0.1) is 5.69 Å². The molecule has 0 N–H and O–H groups in total. The second kappa shape index (κ2) is 5.05. The zero-order valence-electron chi connectivity index (χ0n) is 14.3. The van der Waals surface area contributed by atoms with Crippen LogP contribution in [-0.4, -0.2) is 4.98 Å². The molecule has 7 rings (SSSR count). The van der Waals surface area contributed by atoms with Gasteiger partial charge in [-0.2, -0.15) is 0 Å². The summed E-state index contributed by atoms with van der Waals surface area (Å²) in [6, 6.07) is 17.7. The van der Waals surface area contributed by atoms with E-state index < -0.39 is 0 Å². The second-order valence-electron chi connectivity index (χ2n) is 8.11. The average Bonchev–Trinajstić information content (AvgIpc) is 2.81. The molecule has 0 radical (unpaired) electrons. The van der Waals surface area contributed by atoms with Crippen LogP contribution in [0.4, 0.5) is 0 Å². The number of nitrogens with zero attached hydrogens (tertiary/aromatic N) is 1. The Hall–Kier alpha value is -2.41. The van der Waals surface area contributed by atoms with Crippen LogP contribution in [0.2, 0.25) is 0 Å². The Balaban J connectivity index is 1.64. The summed E-state index contributed by atoms with van der Waals surface area (Å²) < 4.78 is 0. The van der Waals surface area contributed by atoms with E-state index in [2.05, 4.69) is 54.6 Å². The third-order valence-corrected chi connectivity index (χ3v) is 6.55. The van der Waals surface area contributed by atoms with Crippen molar-refractivity contribution in [3.63, 3.8) is 0 Å². The smallest absolute Gasteiger partial charge is 0.0780 e. The van der Waals surface area contributed by atoms with Gasteiger partial charge in [0, 0.05) is 17.1 Å². The van der Waals surface area contributed by atoms with Gasteiger partial charge in [-0.05, 0) is 77.7 Å². The van der Waals surface area contributed by atoms with E-state index in [4.69, 9.17) is 4.98 Å². The predicted molar refractivity (Wildman–Crippen MR) is 103 cm³/mol. The molecule has 1 heteroatoms. The highest BCUT2D eigenvalue weighted by Gasteiger charge is 2.37. The highest BCUT2D eigenvalue weighted by molar-refractivity contribution is 5.97. The monoisotopic (exact) mass is 323 g/mol. The summed E-state index contributed by atoms with van der Waals surface area (Å²) >= 11 is 0. The van der Waals surface area contributed by atoms with Crippen molar-refractivity contribution >= 4 is 16.3 Å². The third-order valence-electron chi connectivity index (χ3n) is 6.55. The van der Waals surface area contributed by atoms with Crippen LogP contribution in [0.5, 0.6) is 0 Å². The molecular weight excluding hydrogens is 302 g/mol. The van der Waals surface area contributed by atoms with Crippen molar-refractivity contribution in [2.75, 3.05) is 0 Å². The van der Waals surface area contributed by atoms with Crippen molar-refractivity contribution in [3.05, 3.63) is 71.9 Å². The molecule has 4 aliphatic carbocycles. The molecule has 0 spiro atoms. The minimum Gasteiger partial charge on any atom is -0.256 e. The molecule has 25 heavy (non-hydrogen) atoms. The van der Waals surface area contributed by atoms with Crippen LogP contribution in [0.1, 0.15) is 42.7 Å². The van der Waals surface area contributed by atoms with E-state index in [-0.39, 0.29) is 0 Å². The molecule has 2 aromatic carbocycles. The molecule has 4 aliphatic rings. The van der Waals surface area contributed by atoms with Gasteiger partial charge in [0.1, 0.15) is 0 Å². The lowest BCUT2D eigenvalue weighted by Gasteiger charge is -2.34. The summed E-state index contributed by atoms with van der Waals surface area (Å²) in [5.41, 5.74) is 7.06. The van der Waals surface area contributed by atoms with E-state index in [0.29, 0.717) is 0 Å². The Kier molecular flexibility index (Phi) is 2.79. The lowest BCUT2D eigenvalue weighted by atomic mass is 9.71. The Morgan fingerprint density at radius 3 is 2.72 bits per heavy atom. The highest BCUT2D eigenvalue weighted by atomic mass is 14.7. The van der Waals surface area contributed by atoms with Crippen molar-refractivity contribution in [1.82, 2.24) is 4.98 Å². The van der Waals surface area contributed by atoms with Crippen molar-refractivity contribution < 1.29 is 0 Å². The van der Waals surface area contributed by atoms with Crippen molar-refractivity contribution in [1.29, 1.82) is 0 Å². The highest BCUT2D eigenvalue weighted by Crippen LogP contribution is 2.53. The van der Waals surface area contributed by atoms with E-state index in [1.165, 1.54) is 47.6 Å². The molecule has 0 aliphatic heterocycles. The van der Waals surface area contributed by atoms with Gasteiger partial charge >= 0.3 is 0 Å². The predicted octanol–water partition coefficient (Wildman–Crippen LogP) is 6.20. The molecule has 1 heterocycles. The first-order chi connectivity index (χ1) is 12.3. The average molecular weight is 323 g/mol. The first-order valence-electron chi connectivity index (χ1n) is 9.54. The topological polar surface area (TPSA) is 12.9 Å². The minimum atomic E-state index is 0.757. The van der Waals surface area contributed by atoms with Crippen LogP contribution in [0.15, 0.2) is 60.8 Å². The molecule has 4 bridgehead atoms. The van der Waals surface area contributed by atoms with E-state index in [9.17, 15) is 0 Å². The fourth-order valence-electron chi connectivity index (χ4n) is 5.59. The van der Waals surface area contributed by atoms with E-state index in [0.717, 1.165) is 23.4 Å². The molecule has 1 nitrogen and oxygen atoms in total. The van der Waals surface area contributed by atoms with Gasteiger partial charge in [-0.1, -0.05) is 42.5 Å². The van der Waals surface area contributed by atoms with Gasteiger partial charge in [0.2, 0.25) is 0 Å². The SMILES string of the molecule is C1=C2CC3CC1CC(C3)c1cc3ccnc(-c4ccccc4)c3cc12. The van der Waals surface area contributed by atoms with Crippen molar-refractivity contribution in [2.45, 2.75) is 31.6 Å². The molecule has 1 aromatic heterocycles. The van der Waals surface area contributed by atoms with Crippen LogP contribution in [0.3, 0.4) is 0 Å². The van der Waals surface area contributed by atoms with Crippen LogP contribution >= 0.6 is 0 Å². The number of pyridine rings is 1. The lowest BCUT2D eigenvalue weighted by Crippen LogP contribution is -2.21. The standard InChI is InChI=1S/C24H21N/c1-2-4-17(5-3-1)24-23-14-22-20-11-15-8-16(12-20)10-19(9-15)21(22)13-18(23)6-7-25-24/h1-7,11,13-16,19H,8-10,12H2. The molecule has 1 fully saturated rings. The van der Waals surface area contributed by atoms with E-state index in [1.807, 2.05) is 6.20 Å². The van der Waals surface area contributed by atoms with Crippen molar-refractivity contribution in [3.8, 4) is 11.3 Å². The number of rotatable bonds is 1. The normalized spacial score (nSPS) is 26.4. The van der Waals surface area contributed by atoms with Gasteiger partial charge in [0.25, 0.3) is 0 Å². The molecule has 3 aromatic rings. The molecule has 0 amide bonds. The second-order valence-corrected chi connectivity index (χ2v) is 8.11. The number of fused-ring (bicyclic) bond motifs is 1. The third kappa shape index (κ3) is 2.05.